The zero-order valence-corrected chi connectivity index (χ0v) is 10.7. The van der Waals surface area contributed by atoms with Gasteiger partial charge in [-0.25, -0.2) is 0 Å². The van der Waals surface area contributed by atoms with Gasteiger partial charge in [-0.15, -0.1) is 0 Å². The summed E-state index contributed by atoms with van der Waals surface area (Å²) in [4.78, 5) is 15.1. The zero-order valence-electron chi connectivity index (χ0n) is 10.7. The number of cyclic esters (lactones) is 1. The van der Waals surface area contributed by atoms with Gasteiger partial charge in [0.1, 0.15) is 0 Å². The van der Waals surface area contributed by atoms with Crippen LogP contribution in [0.2, 0.25) is 0 Å². The molecule has 2 heterocycles. The van der Waals surface area contributed by atoms with Crippen molar-refractivity contribution in [3.63, 3.8) is 0 Å². The minimum absolute atomic E-state index is 0.0120. The maximum atomic E-state index is 11.7. The Morgan fingerprint density at radius 3 is 2.89 bits per heavy atom. The molecular weight excluding hydrogens is 226 g/mol. The summed E-state index contributed by atoms with van der Waals surface area (Å²) in [5.74, 6) is -0.0370. The van der Waals surface area contributed by atoms with Crippen molar-refractivity contribution in [1.82, 2.24) is 4.98 Å². The molecule has 0 bridgehead atoms. The molecule has 2 aromatic rings. The molecule has 0 amide bonds. The van der Waals surface area contributed by atoms with Crippen molar-refractivity contribution in [2.75, 3.05) is 0 Å². The molecule has 1 fully saturated rings. The minimum Gasteiger partial charge on any atom is -0.462 e. The van der Waals surface area contributed by atoms with Crippen molar-refractivity contribution < 1.29 is 9.53 Å². The summed E-state index contributed by atoms with van der Waals surface area (Å²) in [6.45, 7) is 4.03. The van der Waals surface area contributed by atoms with E-state index >= 15 is 0 Å². The van der Waals surface area contributed by atoms with Crippen molar-refractivity contribution in [1.29, 1.82) is 0 Å². The number of hydrogen-bond acceptors (Lipinski definition) is 2. The van der Waals surface area contributed by atoms with E-state index in [4.69, 9.17) is 4.74 Å². The van der Waals surface area contributed by atoms with Gasteiger partial charge in [-0.05, 0) is 38.3 Å². The molecule has 0 aliphatic carbocycles. The number of aryl methyl sites for hydroxylation is 1. The second-order valence-electron chi connectivity index (χ2n) is 5.16. The number of fused-ring (bicyclic) bond motifs is 1. The number of esters is 1. The van der Waals surface area contributed by atoms with Gasteiger partial charge in [0.05, 0.1) is 12.0 Å². The van der Waals surface area contributed by atoms with Crippen LogP contribution in [0.15, 0.2) is 24.3 Å². The molecule has 0 radical (unpaired) electrons. The van der Waals surface area contributed by atoms with Crippen LogP contribution in [0.5, 0.6) is 0 Å². The number of carbonyl (C=O) groups excluding carboxylic acids is 1. The minimum atomic E-state index is -0.0489. The van der Waals surface area contributed by atoms with Gasteiger partial charge in [0, 0.05) is 16.6 Å². The van der Waals surface area contributed by atoms with Crippen LogP contribution in [0.4, 0.5) is 0 Å². The standard InChI is InChI=1S/C15H17NO2/c1-9-7-11(15(17)18-9)8-13-10(2)16-14-6-4-3-5-12(13)14/h3-6,9,11,16H,7-8H2,1-2H3/t9-,11-/m1/s1. The van der Waals surface area contributed by atoms with E-state index in [0.717, 1.165) is 24.1 Å². The molecule has 2 atom stereocenters. The molecule has 1 aliphatic heterocycles. The molecule has 3 heteroatoms. The number of benzene rings is 1. The fourth-order valence-corrected chi connectivity index (χ4v) is 2.85. The highest BCUT2D eigenvalue weighted by Crippen LogP contribution is 2.29. The molecule has 3 rings (SSSR count). The molecular formula is C15H17NO2. The lowest BCUT2D eigenvalue weighted by Gasteiger charge is -2.05. The highest BCUT2D eigenvalue weighted by atomic mass is 16.5. The smallest absolute Gasteiger partial charge is 0.309 e. The first-order valence-corrected chi connectivity index (χ1v) is 6.42. The lowest BCUT2D eigenvalue weighted by atomic mass is 9.95. The normalized spacial score (nSPS) is 23.6. The number of rotatable bonds is 2. The predicted molar refractivity (Wildman–Crippen MR) is 70.4 cm³/mol. The van der Waals surface area contributed by atoms with E-state index in [1.54, 1.807) is 0 Å². The summed E-state index contributed by atoms with van der Waals surface area (Å²) >= 11 is 0. The molecule has 18 heavy (non-hydrogen) atoms. The first-order chi connectivity index (χ1) is 8.65. The average molecular weight is 243 g/mol. The number of aromatic amines is 1. The number of carbonyl (C=O) groups is 1. The molecule has 1 aromatic heterocycles. The molecule has 0 spiro atoms. The predicted octanol–water partition coefficient (Wildman–Crippen LogP) is 2.97. The summed E-state index contributed by atoms with van der Waals surface area (Å²) in [5.41, 5.74) is 3.55. The van der Waals surface area contributed by atoms with E-state index in [0.29, 0.717) is 0 Å². The van der Waals surface area contributed by atoms with Crippen molar-refractivity contribution >= 4 is 16.9 Å². The van der Waals surface area contributed by atoms with Gasteiger partial charge < -0.3 is 9.72 Å². The highest BCUT2D eigenvalue weighted by molar-refractivity contribution is 5.85. The Hall–Kier alpha value is -1.77. The van der Waals surface area contributed by atoms with Gasteiger partial charge in [-0.2, -0.15) is 0 Å². The molecule has 1 aliphatic rings. The van der Waals surface area contributed by atoms with E-state index in [9.17, 15) is 4.79 Å². The largest absolute Gasteiger partial charge is 0.462 e. The van der Waals surface area contributed by atoms with Crippen LogP contribution in [0.3, 0.4) is 0 Å². The number of para-hydroxylation sites is 1. The van der Waals surface area contributed by atoms with Crippen molar-refractivity contribution in [2.45, 2.75) is 32.8 Å². The molecule has 0 saturated carbocycles. The van der Waals surface area contributed by atoms with E-state index in [-0.39, 0.29) is 18.0 Å². The van der Waals surface area contributed by atoms with Crippen LogP contribution in [0.1, 0.15) is 24.6 Å². The number of aromatic nitrogens is 1. The third kappa shape index (κ3) is 1.80. The van der Waals surface area contributed by atoms with Crippen LogP contribution in [-0.4, -0.2) is 17.1 Å². The maximum absolute atomic E-state index is 11.7. The van der Waals surface area contributed by atoms with Crippen LogP contribution in [0.25, 0.3) is 10.9 Å². The third-order valence-corrected chi connectivity index (χ3v) is 3.74. The fourth-order valence-electron chi connectivity index (χ4n) is 2.85. The lowest BCUT2D eigenvalue weighted by Crippen LogP contribution is -2.11. The first kappa shape index (κ1) is 11.3. The number of hydrogen-bond donors (Lipinski definition) is 1. The summed E-state index contributed by atoms with van der Waals surface area (Å²) in [7, 11) is 0. The fraction of sp³-hybridized carbons (Fsp3) is 0.400. The Morgan fingerprint density at radius 2 is 2.17 bits per heavy atom. The van der Waals surface area contributed by atoms with Crippen LogP contribution >= 0.6 is 0 Å². The molecule has 0 unspecified atom stereocenters. The molecule has 3 nitrogen and oxygen atoms in total. The van der Waals surface area contributed by atoms with Crippen LogP contribution in [0, 0.1) is 12.8 Å². The van der Waals surface area contributed by atoms with E-state index < -0.39 is 0 Å². The molecule has 1 aromatic carbocycles. The third-order valence-electron chi connectivity index (χ3n) is 3.74. The Morgan fingerprint density at radius 1 is 1.39 bits per heavy atom. The van der Waals surface area contributed by atoms with E-state index in [2.05, 4.69) is 24.0 Å². The second kappa shape index (κ2) is 4.16. The van der Waals surface area contributed by atoms with Crippen LogP contribution in [-0.2, 0) is 16.0 Å². The van der Waals surface area contributed by atoms with Gasteiger partial charge in [0.2, 0.25) is 0 Å². The van der Waals surface area contributed by atoms with Gasteiger partial charge in [-0.3, -0.25) is 4.79 Å². The quantitative estimate of drug-likeness (QED) is 0.824. The Bertz CT molecular complexity index is 600. The highest BCUT2D eigenvalue weighted by Gasteiger charge is 2.32. The van der Waals surface area contributed by atoms with Crippen molar-refractivity contribution in [3.05, 3.63) is 35.5 Å². The van der Waals surface area contributed by atoms with Gasteiger partial charge >= 0.3 is 5.97 Å². The SMILES string of the molecule is Cc1[nH]c2ccccc2c1C[C@H]1C[C@@H](C)OC1=O. The average Bonchev–Trinajstić information content (AvgIpc) is 2.81. The molecule has 1 N–H and O–H groups in total. The number of nitrogens with one attached hydrogen (secondary N) is 1. The Balaban J connectivity index is 1.95. The lowest BCUT2D eigenvalue weighted by molar-refractivity contribution is -0.143. The monoisotopic (exact) mass is 243 g/mol. The van der Waals surface area contributed by atoms with E-state index in [1.165, 1.54) is 10.9 Å². The summed E-state index contributed by atoms with van der Waals surface area (Å²) in [6, 6.07) is 8.24. The topological polar surface area (TPSA) is 42.1 Å². The number of ether oxygens (including phenoxy) is 1. The number of H-pyrrole nitrogens is 1. The van der Waals surface area contributed by atoms with Crippen LogP contribution < -0.4 is 0 Å². The molecule has 94 valence electrons. The Kier molecular flexibility index (Phi) is 2.62. The summed E-state index contributed by atoms with van der Waals surface area (Å²) in [5, 5.41) is 1.22. The molecule has 1 saturated heterocycles. The zero-order chi connectivity index (χ0) is 12.7. The van der Waals surface area contributed by atoms with Gasteiger partial charge in [0.15, 0.2) is 0 Å². The van der Waals surface area contributed by atoms with Gasteiger partial charge in [-0.1, -0.05) is 18.2 Å². The summed E-state index contributed by atoms with van der Waals surface area (Å²) in [6.07, 6.45) is 1.67. The van der Waals surface area contributed by atoms with Gasteiger partial charge in [0.25, 0.3) is 0 Å². The Labute approximate surface area is 106 Å². The van der Waals surface area contributed by atoms with Crippen molar-refractivity contribution in [3.8, 4) is 0 Å². The van der Waals surface area contributed by atoms with E-state index in [1.807, 2.05) is 19.1 Å². The summed E-state index contributed by atoms with van der Waals surface area (Å²) < 4.78 is 5.23. The first-order valence-electron chi connectivity index (χ1n) is 6.42. The second-order valence-corrected chi connectivity index (χ2v) is 5.16. The maximum Gasteiger partial charge on any atom is 0.309 e. The van der Waals surface area contributed by atoms with Crippen molar-refractivity contribution in [2.24, 2.45) is 5.92 Å².